The Labute approximate surface area is 68.9 Å². The molecule has 0 aromatic rings. The zero-order chi connectivity index (χ0) is 8.53. The van der Waals surface area contributed by atoms with Crippen LogP contribution in [0, 0.1) is 0 Å². The zero-order valence-corrected chi connectivity index (χ0v) is 7.22. The third kappa shape index (κ3) is 5.24. The molecule has 0 aliphatic rings. The van der Waals surface area contributed by atoms with Crippen LogP contribution in [0.4, 0.5) is 0 Å². The highest BCUT2D eigenvalue weighted by Gasteiger charge is 1.76. The highest BCUT2D eigenvalue weighted by atomic mass is 13.8. The molecule has 0 spiro atoms. The summed E-state index contributed by atoms with van der Waals surface area (Å²) in [5, 5.41) is 0. The smallest absolute Gasteiger partial charge is 0.0232 e. The molecule has 0 aliphatic heterocycles. The van der Waals surface area contributed by atoms with Crippen molar-refractivity contribution in [2.24, 2.45) is 0 Å². The monoisotopic (exact) mass is 146 g/mol. The van der Waals surface area contributed by atoms with Gasteiger partial charge in [0.2, 0.25) is 0 Å². The van der Waals surface area contributed by atoms with Crippen molar-refractivity contribution in [3.8, 4) is 0 Å². The molecule has 0 rings (SSSR count). The fourth-order valence-corrected chi connectivity index (χ4v) is 0.604. The predicted octanol–water partition coefficient (Wildman–Crippen LogP) is 3.40. The van der Waals surface area contributed by atoms with Crippen molar-refractivity contribution >= 4 is 0 Å². The zero-order valence-electron chi connectivity index (χ0n) is 7.22. The van der Waals surface area contributed by atoms with Crippen molar-refractivity contribution in [1.29, 1.82) is 0 Å². The van der Waals surface area contributed by atoms with Crippen molar-refractivity contribution in [2.75, 3.05) is 0 Å². The maximum atomic E-state index is 3.56. The molecule has 0 unspecified atom stereocenters. The first kappa shape index (κ1) is 9.78. The summed E-state index contributed by atoms with van der Waals surface area (Å²) >= 11 is 0. The third-order valence-corrected chi connectivity index (χ3v) is 1.11. The second kappa shape index (κ2) is 6.89. The van der Waals surface area contributed by atoms with Gasteiger partial charge in [-0.2, -0.15) is 0 Å². The molecule has 0 fully saturated rings. The van der Waals surface area contributed by atoms with Gasteiger partial charge in [-0.3, -0.25) is 0 Å². The van der Waals surface area contributed by atoms with Crippen LogP contribution >= 0.6 is 0 Å². The van der Waals surface area contributed by atoms with E-state index in [2.05, 4.69) is 25.0 Å². The Balaban J connectivity index is 4.33. The van der Waals surface area contributed by atoms with E-state index in [-0.39, 0.29) is 0 Å². The van der Waals surface area contributed by atoms with Crippen LogP contribution in [0.2, 0.25) is 0 Å². The van der Waals surface area contributed by atoms with Crippen molar-refractivity contribution in [1.82, 2.24) is 0 Å². The Morgan fingerprint density at radius 2 is 2.27 bits per heavy atom. The first-order chi connectivity index (χ1) is 5.35. The molecule has 0 N–H and O–H groups in total. The van der Waals surface area contributed by atoms with Gasteiger partial charge in [-0.1, -0.05) is 25.7 Å². The summed E-state index contributed by atoms with van der Waals surface area (Å²) in [6.45, 7) is 7.60. The number of hydrogen-bond donors (Lipinski definition) is 0. The van der Waals surface area contributed by atoms with Gasteiger partial charge in [-0.05, 0) is 25.5 Å². The highest BCUT2D eigenvalue weighted by molar-refractivity contribution is 5.28. The molecule has 0 heteroatoms. The summed E-state index contributed by atoms with van der Waals surface area (Å²) in [6.07, 6.45) is 8.76. The minimum absolute atomic E-state index is 0.970. The Hall–Kier alpha value is -1.22. The van der Waals surface area contributed by atoms with Gasteiger partial charge in [0.25, 0.3) is 0 Å². The highest BCUT2D eigenvalue weighted by Crippen LogP contribution is 1.94. The van der Waals surface area contributed by atoms with E-state index in [4.69, 9.17) is 0 Å². The minimum Gasteiger partial charge on any atom is -0.124 e. The van der Waals surface area contributed by atoms with E-state index in [0.29, 0.717) is 0 Å². The summed E-state index contributed by atoms with van der Waals surface area (Å²) < 4.78 is 0. The van der Waals surface area contributed by atoms with Gasteiger partial charge in [-0.25, -0.2) is 0 Å². The SMILES string of the molecule is C=C=C(C=C=CCC)C=CC. The topological polar surface area (TPSA) is 0 Å². The molecule has 0 aromatic heterocycles. The molecule has 11 heavy (non-hydrogen) atoms. The molecule has 0 saturated carbocycles. The Kier molecular flexibility index (Phi) is 6.13. The van der Waals surface area contributed by atoms with Crippen molar-refractivity contribution in [2.45, 2.75) is 20.3 Å². The van der Waals surface area contributed by atoms with Gasteiger partial charge in [0.05, 0.1) is 0 Å². The molecule has 0 aromatic carbocycles. The maximum Gasteiger partial charge on any atom is 0.0232 e. The van der Waals surface area contributed by atoms with Crippen LogP contribution in [-0.4, -0.2) is 0 Å². The van der Waals surface area contributed by atoms with E-state index < -0.39 is 0 Å². The second-order valence-electron chi connectivity index (χ2n) is 2.06. The van der Waals surface area contributed by atoms with Crippen LogP contribution in [0.1, 0.15) is 20.3 Å². The standard InChI is InChI=1S/C11H14/c1-4-7-8-10-11(6-3)9-5-2/h5,7,9-10H,3-4H2,1-2H3. The molecular formula is C11H14. The van der Waals surface area contributed by atoms with Crippen LogP contribution in [0.3, 0.4) is 0 Å². The maximum absolute atomic E-state index is 3.56. The van der Waals surface area contributed by atoms with Crippen LogP contribution in [0.5, 0.6) is 0 Å². The lowest BCUT2D eigenvalue weighted by atomic mass is 10.2. The van der Waals surface area contributed by atoms with Crippen LogP contribution in [-0.2, 0) is 0 Å². The van der Waals surface area contributed by atoms with E-state index in [0.717, 1.165) is 12.0 Å². The fraction of sp³-hybridized carbons (Fsp3) is 0.273. The molecule has 58 valence electrons. The van der Waals surface area contributed by atoms with Crippen molar-refractivity contribution < 1.29 is 0 Å². The second-order valence-corrected chi connectivity index (χ2v) is 2.06. The lowest BCUT2D eigenvalue weighted by Crippen LogP contribution is -1.63. The quantitative estimate of drug-likeness (QED) is 0.423. The van der Waals surface area contributed by atoms with Gasteiger partial charge in [0.15, 0.2) is 0 Å². The molecule has 0 bridgehead atoms. The number of hydrogen-bond acceptors (Lipinski definition) is 0. The lowest BCUT2D eigenvalue weighted by Gasteiger charge is -1.81. The molecule has 0 amide bonds. The van der Waals surface area contributed by atoms with Crippen molar-refractivity contribution in [3.63, 3.8) is 0 Å². The van der Waals surface area contributed by atoms with Crippen LogP contribution in [0.25, 0.3) is 0 Å². The molecule has 0 radical (unpaired) electrons. The molecule has 0 saturated heterocycles. The average molecular weight is 146 g/mol. The van der Waals surface area contributed by atoms with Crippen LogP contribution < -0.4 is 0 Å². The van der Waals surface area contributed by atoms with E-state index >= 15 is 0 Å². The summed E-state index contributed by atoms with van der Waals surface area (Å²) in [5.41, 5.74) is 6.80. The first-order valence-electron chi connectivity index (χ1n) is 3.78. The summed E-state index contributed by atoms with van der Waals surface area (Å²) in [5.74, 6) is 0. The third-order valence-electron chi connectivity index (χ3n) is 1.11. The van der Waals surface area contributed by atoms with Crippen molar-refractivity contribution in [3.05, 3.63) is 47.9 Å². The molecular weight excluding hydrogens is 132 g/mol. The minimum atomic E-state index is 0.970. The molecule has 0 nitrogen and oxygen atoms in total. The van der Waals surface area contributed by atoms with E-state index in [9.17, 15) is 0 Å². The normalized spacial score (nSPS) is 8.55. The van der Waals surface area contributed by atoms with E-state index in [1.807, 2.05) is 31.2 Å². The van der Waals surface area contributed by atoms with E-state index in [1.165, 1.54) is 0 Å². The Bertz CT molecular complexity index is 229. The lowest BCUT2D eigenvalue weighted by molar-refractivity contribution is 1.23. The number of allylic oxidation sites excluding steroid dienone is 4. The molecule has 0 aliphatic carbocycles. The molecule has 0 atom stereocenters. The van der Waals surface area contributed by atoms with Gasteiger partial charge >= 0.3 is 0 Å². The predicted molar refractivity (Wildman–Crippen MR) is 50.4 cm³/mol. The summed E-state index contributed by atoms with van der Waals surface area (Å²) in [4.78, 5) is 0. The molecule has 0 heterocycles. The number of rotatable bonds is 3. The average Bonchev–Trinajstić information content (AvgIpc) is 2.03. The van der Waals surface area contributed by atoms with Gasteiger partial charge in [0, 0.05) is 5.57 Å². The Morgan fingerprint density at radius 3 is 2.73 bits per heavy atom. The first-order valence-corrected chi connectivity index (χ1v) is 3.78. The van der Waals surface area contributed by atoms with Crippen LogP contribution in [0.15, 0.2) is 47.9 Å². The summed E-state index contributed by atoms with van der Waals surface area (Å²) in [6, 6.07) is 0. The van der Waals surface area contributed by atoms with E-state index in [1.54, 1.807) is 0 Å². The summed E-state index contributed by atoms with van der Waals surface area (Å²) in [7, 11) is 0. The largest absolute Gasteiger partial charge is 0.124 e. The van der Waals surface area contributed by atoms with Gasteiger partial charge < -0.3 is 0 Å². The van der Waals surface area contributed by atoms with Gasteiger partial charge in [0.1, 0.15) is 0 Å². The van der Waals surface area contributed by atoms with Gasteiger partial charge in [-0.15, -0.1) is 11.5 Å². The fourth-order valence-electron chi connectivity index (χ4n) is 0.604. The Morgan fingerprint density at radius 1 is 1.55 bits per heavy atom.